The van der Waals surface area contributed by atoms with Crippen molar-refractivity contribution in [1.82, 2.24) is 9.62 Å². The maximum Gasteiger partial charge on any atom is 0.255 e. The van der Waals surface area contributed by atoms with Gasteiger partial charge in [-0.25, -0.2) is 13.1 Å². The maximum absolute atomic E-state index is 12.5. The van der Waals surface area contributed by atoms with Gasteiger partial charge in [-0.15, -0.1) is 0 Å². The van der Waals surface area contributed by atoms with Gasteiger partial charge in [-0.05, 0) is 76.8 Å². The third kappa shape index (κ3) is 6.46. The number of carbonyl (C=O) groups excluding carboxylic acids is 1. The summed E-state index contributed by atoms with van der Waals surface area (Å²) in [5, 5.41) is 2.85. The lowest BCUT2D eigenvalue weighted by Crippen LogP contribution is -2.40. The Morgan fingerprint density at radius 1 is 1.04 bits per heavy atom. The van der Waals surface area contributed by atoms with Crippen LogP contribution in [-0.2, 0) is 16.6 Å². The third-order valence-electron chi connectivity index (χ3n) is 3.55. The van der Waals surface area contributed by atoms with Crippen LogP contribution in [0.1, 0.15) is 36.7 Å². The summed E-state index contributed by atoms with van der Waals surface area (Å²) in [5.74, 6) is -0.287. The van der Waals surface area contributed by atoms with Gasteiger partial charge in [0.2, 0.25) is 10.0 Å². The number of amides is 1. The van der Waals surface area contributed by atoms with Crippen LogP contribution in [0.5, 0.6) is 0 Å². The Morgan fingerprint density at radius 2 is 1.67 bits per heavy atom. The summed E-state index contributed by atoms with van der Waals surface area (Å²) in [5.41, 5.74) is 1.60. The fraction of sp³-hybridized carbons (Fsp3) is 0.350. The molecular formula is C20H27N3O3S. The molecule has 2 N–H and O–H groups in total. The molecule has 2 aromatic rings. The normalized spacial score (nSPS) is 12.2. The van der Waals surface area contributed by atoms with Crippen LogP contribution >= 0.6 is 0 Å². The first-order valence-corrected chi connectivity index (χ1v) is 10.1. The van der Waals surface area contributed by atoms with Gasteiger partial charge in [-0.1, -0.05) is 12.1 Å². The number of hydrogen-bond acceptors (Lipinski definition) is 4. The van der Waals surface area contributed by atoms with E-state index >= 15 is 0 Å². The zero-order chi connectivity index (χ0) is 20.2. The summed E-state index contributed by atoms with van der Waals surface area (Å²) < 4.78 is 27.2. The van der Waals surface area contributed by atoms with E-state index < -0.39 is 15.6 Å². The standard InChI is InChI=1S/C20H27N3O3S/c1-20(2,3)22-27(25,26)18-11-9-16(10-12-18)19(24)21-17-8-6-7-15(13-17)14-23(4)5/h6-13,22H,14H2,1-5H3,(H,21,24). The number of sulfonamides is 1. The first-order chi connectivity index (χ1) is 12.5. The minimum absolute atomic E-state index is 0.127. The van der Waals surface area contributed by atoms with E-state index in [0.717, 1.165) is 12.1 Å². The van der Waals surface area contributed by atoms with Gasteiger partial charge >= 0.3 is 0 Å². The van der Waals surface area contributed by atoms with Gasteiger partial charge in [0.25, 0.3) is 5.91 Å². The van der Waals surface area contributed by atoms with Crippen LogP contribution in [-0.4, -0.2) is 38.9 Å². The molecule has 0 bridgehead atoms. The fourth-order valence-corrected chi connectivity index (χ4v) is 3.98. The molecule has 0 atom stereocenters. The fourth-order valence-electron chi connectivity index (χ4n) is 2.56. The molecule has 7 heteroatoms. The lowest BCUT2D eigenvalue weighted by molar-refractivity contribution is 0.102. The number of hydrogen-bond donors (Lipinski definition) is 2. The van der Waals surface area contributed by atoms with E-state index in [-0.39, 0.29) is 10.8 Å². The van der Waals surface area contributed by atoms with E-state index in [1.807, 2.05) is 43.3 Å². The highest BCUT2D eigenvalue weighted by atomic mass is 32.2. The van der Waals surface area contributed by atoms with Crippen LogP contribution in [0.15, 0.2) is 53.4 Å². The number of nitrogens with one attached hydrogen (secondary N) is 2. The number of rotatable bonds is 6. The van der Waals surface area contributed by atoms with Gasteiger partial charge < -0.3 is 10.2 Å². The minimum Gasteiger partial charge on any atom is -0.322 e. The summed E-state index contributed by atoms with van der Waals surface area (Å²) in [6, 6.07) is 13.5. The quantitative estimate of drug-likeness (QED) is 0.796. The van der Waals surface area contributed by atoms with Crippen LogP contribution in [0, 0.1) is 0 Å². The molecule has 0 saturated carbocycles. The van der Waals surface area contributed by atoms with E-state index in [0.29, 0.717) is 11.3 Å². The van der Waals surface area contributed by atoms with Crippen molar-refractivity contribution in [2.45, 2.75) is 37.8 Å². The zero-order valence-electron chi connectivity index (χ0n) is 16.4. The Hall–Kier alpha value is -2.22. The number of nitrogens with zero attached hydrogens (tertiary/aromatic N) is 1. The first kappa shape index (κ1) is 21.1. The monoisotopic (exact) mass is 389 g/mol. The van der Waals surface area contributed by atoms with Crippen molar-refractivity contribution in [2.75, 3.05) is 19.4 Å². The van der Waals surface area contributed by atoms with Crippen molar-refractivity contribution in [2.24, 2.45) is 0 Å². The first-order valence-electron chi connectivity index (χ1n) is 8.65. The molecule has 0 saturated heterocycles. The van der Waals surface area contributed by atoms with Gasteiger partial charge in [0, 0.05) is 23.3 Å². The molecule has 146 valence electrons. The lowest BCUT2D eigenvalue weighted by atomic mass is 10.1. The Balaban J connectivity index is 2.12. The van der Waals surface area contributed by atoms with Crippen LogP contribution < -0.4 is 10.0 Å². The molecule has 0 spiro atoms. The molecule has 0 aromatic heterocycles. The topological polar surface area (TPSA) is 78.5 Å². The van der Waals surface area contributed by atoms with Gasteiger partial charge in [-0.3, -0.25) is 4.79 Å². The second-order valence-corrected chi connectivity index (χ2v) is 9.45. The summed E-state index contributed by atoms with van der Waals surface area (Å²) in [6.45, 7) is 6.10. The summed E-state index contributed by atoms with van der Waals surface area (Å²) in [4.78, 5) is 14.6. The second kappa shape index (κ2) is 8.21. The molecule has 0 aliphatic heterocycles. The van der Waals surface area contributed by atoms with Crippen molar-refractivity contribution in [3.05, 3.63) is 59.7 Å². The molecule has 27 heavy (non-hydrogen) atoms. The second-order valence-electron chi connectivity index (χ2n) is 7.77. The Labute approximate surface area is 161 Å². The highest BCUT2D eigenvalue weighted by Crippen LogP contribution is 2.16. The smallest absolute Gasteiger partial charge is 0.255 e. The molecule has 1 amide bonds. The van der Waals surface area contributed by atoms with Crippen LogP contribution in [0.4, 0.5) is 5.69 Å². The SMILES string of the molecule is CN(C)Cc1cccc(NC(=O)c2ccc(S(=O)(=O)NC(C)(C)C)cc2)c1. The number of benzene rings is 2. The van der Waals surface area contributed by atoms with Gasteiger partial charge in [0.1, 0.15) is 0 Å². The predicted octanol–water partition coefficient (Wildman–Crippen LogP) is 3.08. The van der Waals surface area contributed by atoms with Crippen molar-refractivity contribution in [1.29, 1.82) is 0 Å². The van der Waals surface area contributed by atoms with Crippen molar-refractivity contribution < 1.29 is 13.2 Å². The highest BCUT2D eigenvalue weighted by molar-refractivity contribution is 7.89. The van der Waals surface area contributed by atoms with Crippen molar-refractivity contribution >= 4 is 21.6 Å². The van der Waals surface area contributed by atoms with E-state index in [1.165, 1.54) is 24.3 Å². The third-order valence-corrected chi connectivity index (χ3v) is 5.32. The molecule has 0 radical (unpaired) electrons. The number of anilines is 1. The summed E-state index contributed by atoms with van der Waals surface area (Å²) >= 11 is 0. The molecular weight excluding hydrogens is 362 g/mol. The average Bonchev–Trinajstić information content (AvgIpc) is 2.52. The van der Waals surface area contributed by atoms with Gasteiger partial charge in [0.05, 0.1) is 4.90 Å². The predicted molar refractivity (Wildman–Crippen MR) is 108 cm³/mol. The number of carbonyl (C=O) groups is 1. The molecule has 2 rings (SSSR count). The van der Waals surface area contributed by atoms with E-state index in [1.54, 1.807) is 20.8 Å². The minimum atomic E-state index is -3.62. The molecule has 0 heterocycles. The van der Waals surface area contributed by atoms with Crippen LogP contribution in [0.2, 0.25) is 0 Å². The van der Waals surface area contributed by atoms with Crippen molar-refractivity contribution in [3.8, 4) is 0 Å². The molecule has 2 aromatic carbocycles. The molecule has 0 fully saturated rings. The van der Waals surface area contributed by atoms with E-state index in [2.05, 4.69) is 10.0 Å². The Bertz CT molecular complexity index is 899. The molecule has 6 nitrogen and oxygen atoms in total. The van der Waals surface area contributed by atoms with Crippen LogP contribution in [0.3, 0.4) is 0 Å². The Morgan fingerprint density at radius 3 is 2.22 bits per heavy atom. The highest BCUT2D eigenvalue weighted by Gasteiger charge is 2.22. The molecule has 0 aliphatic rings. The lowest BCUT2D eigenvalue weighted by Gasteiger charge is -2.20. The summed E-state index contributed by atoms with van der Waals surface area (Å²) in [6.07, 6.45) is 0. The summed E-state index contributed by atoms with van der Waals surface area (Å²) in [7, 11) is 0.340. The Kier molecular flexibility index (Phi) is 6.41. The van der Waals surface area contributed by atoms with Crippen LogP contribution in [0.25, 0.3) is 0 Å². The average molecular weight is 390 g/mol. The van der Waals surface area contributed by atoms with Crippen molar-refractivity contribution in [3.63, 3.8) is 0 Å². The van der Waals surface area contributed by atoms with Gasteiger partial charge in [-0.2, -0.15) is 0 Å². The maximum atomic E-state index is 12.5. The largest absolute Gasteiger partial charge is 0.322 e. The van der Waals surface area contributed by atoms with E-state index in [4.69, 9.17) is 0 Å². The van der Waals surface area contributed by atoms with Gasteiger partial charge in [0.15, 0.2) is 0 Å². The molecule has 0 aliphatic carbocycles. The zero-order valence-corrected chi connectivity index (χ0v) is 17.2. The molecule has 0 unspecified atom stereocenters. The van der Waals surface area contributed by atoms with E-state index in [9.17, 15) is 13.2 Å².